The molecule has 1 amide bonds. The van der Waals surface area contributed by atoms with Crippen molar-refractivity contribution in [2.24, 2.45) is 0 Å². The first kappa shape index (κ1) is 20.6. The number of benzene rings is 1. The zero-order valence-corrected chi connectivity index (χ0v) is 18.3. The molecule has 3 aromatic rings. The van der Waals surface area contributed by atoms with Crippen molar-refractivity contribution in [3.8, 4) is 5.75 Å². The Bertz CT molecular complexity index is 1130. The van der Waals surface area contributed by atoms with Crippen molar-refractivity contribution >= 4 is 27.5 Å². The number of aryl methyl sites for hydroxylation is 3. The van der Waals surface area contributed by atoms with Crippen molar-refractivity contribution in [2.75, 3.05) is 32.8 Å². The molecule has 158 valence electrons. The van der Waals surface area contributed by atoms with E-state index >= 15 is 0 Å². The Labute approximate surface area is 179 Å². The molecule has 0 spiro atoms. The van der Waals surface area contributed by atoms with Crippen molar-refractivity contribution in [1.82, 2.24) is 19.8 Å². The summed E-state index contributed by atoms with van der Waals surface area (Å²) < 4.78 is 5.64. The first-order chi connectivity index (χ1) is 14.4. The van der Waals surface area contributed by atoms with Gasteiger partial charge in [0, 0.05) is 31.1 Å². The molecule has 0 radical (unpaired) electrons. The third kappa shape index (κ3) is 4.39. The predicted molar refractivity (Wildman–Crippen MR) is 118 cm³/mol. The van der Waals surface area contributed by atoms with Crippen molar-refractivity contribution in [3.05, 3.63) is 56.4 Å². The minimum absolute atomic E-state index is 0.00589. The summed E-state index contributed by atoms with van der Waals surface area (Å²) in [5.41, 5.74) is 2.04. The molecule has 0 bridgehead atoms. The summed E-state index contributed by atoms with van der Waals surface area (Å²) in [5, 5.41) is 0.699. The van der Waals surface area contributed by atoms with Crippen LogP contribution in [0.3, 0.4) is 0 Å². The second-order valence-corrected chi connectivity index (χ2v) is 8.94. The van der Waals surface area contributed by atoms with E-state index in [1.807, 2.05) is 49.9 Å². The molecule has 1 aliphatic rings. The fourth-order valence-electron chi connectivity index (χ4n) is 3.68. The van der Waals surface area contributed by atoms with Crippen molar-refractivity contribution < 1.29 is 9.53 Å². The number of amides is 1. The van der Waals surface area contributed by atoms with Gasteiger partial charge < -0.3 is 14.6 Å². The number of fused-ring (bicyclic) bond motifs is 1. The van der Waals surface area contributed by atoms with Gasteiger partial charge in [-0.2, -0.15) is 0 Å². The summed E-state index contributed by atoms with van der Waals surface area (Å²) in [4.78, 5) is 38.5. The van der Waals surface area contributed by atoms with E-state index in [-0.39, 0.29) is 18.1 Å². The third-order valence-electron chi connectivity index (χ3n) is 5.54. The molecule has 7 nitrogen and oxygen atoms in total. The summed E-state index contributed by atoms with van der Waals surface area (Å²) in [6.07, 6.45) is 0. The molecule has 0 saturated carbocycles. The van der Waals surface area contributed by atoms with E-state index < -0.39 is 0 Å². The number of nitrogens with zero attached hydrogens (tertiary/aromatic N) is 3. The Morgan fingerprint density at radius 2 is 1.97 bits per heavy atom. The maximum atomic E-state index is 12.5. The normalized spacial score (nSPS) is 15.0. The van der Waals surface area contributed by atoms with Crippen LogP contribution in [0.2, 0.25) is 0 Å². The lowest BCUT2D eigenvalue weighted by molar-refractivity contribution is -0.135. The second-order valence-electron chi connectivity index (χ2n) is 7.74. The molecule has 30 heavy (non-hydrogen) atoms. The Morgan fingerprint density at radius 3 is 2.70 bits per heavy atom. The van der Waals surface area contributed by atoms with E-state index in [1.54, 1.807) is 11.3 Å². The molecule has 1 N–H and O–H groups in total. The Morgan fingerprint density at radius 1 is 1.20 bits per heavy atom. The molecule has 2 aromatic heterocycles. The minimum atomic E-state index is -0.0704. The number of carbonyl (C=O) groups excluding carboxylic acids is 1. The number of carbonyl (C=O) groups is 1. The van der Waals surface area contributed by atoms with Gasteiger partial charge in [-0.1, -0.05) is 12.1 Å². The minimum Gasteiger partial charge on any atom is -0.484 e. The van der Waals surface area contributed by atoms with Gasteiger partial charge in [0.2, 0.25) is 0 Å². The van der Waals surface area contributed by atoms with Gasteiger partial charge in [-0.3, -0.25) is 14.5 Å². The van der Waals surface area contributed by atoms with Crippen molar-refractivity contribution in [3.63, 3.8) is 0 Å². The third-order valence-corrected chi connectivity index (χ3v) is 6.64. The first-order valence-electron chi connectivity index (χ1n) is 10.1. The van der Waals surface area contributed by atoms with Gasteiger partial charge >= 0.3 is 0 Å². The molecule has 1 saturated heterocycles. The number of hydrogen-bond donors (Lipinski definition) is 1. The number of aromatic nitrogens is 2. The number of H-pyrrole nitrogens is 1. The van der Waals surface area contributed by atoms with E-state index in [2.05, 4.69) is 14.9 Å². The van der Waals surface area contributed by atoms with Crippen LogP contribution in [0.5, 0.6) is 5.75 Å². The molecule has 1 fully saturated rings. The smallest absolute Gasteiger partial charge is 0.260 e. The van der Waals surface area contributed by atoms with Gasteiger partial charge in [0.1, 0.15) is 16.4 Å². The van der Waals surface area contributed by atoms with E-state index in [1.165, 1.54) is 0 Å². The molecule has 1 aromatic carbocycles. The van der Waals surface area contributed by atoms with Crippen LogP contribution in [0, 0.1) is 20.8 Å². The van der Waals surface area contributed by atoms with Crippen molar-refractivity contribution in [2.45, 2.75) is 27.3 Å². The number of rotatable bonds is 5. The van der Waals surface area contributed by atoms with Crippen LogP contribution in [-0.4, -0.2) is 58.5 Å². The molecular weight excluding hydrogens is 400 g/mol. The fourth-order valence-corrected chi connectivity index (χ4v) is 4.73. The van der Waals surface area contributed by atoms with Gasteiger partial charge in [-0.25, -0.2) is 4.98 Å². The lowest BCUT2D eigenvalue weighted by Gasteiger charge is -2.34. The summed E-state index contributed by atoms with van der Waals surface area (Å²) in [7, 11) is 0. The number of hydrogen-bond acceptors (Lipinski definition) is 6. The van der Waals surface area contributed by atoms with Crippen molar-refractivity contribution in [1.29, 1.82) is 0 Å². The molecule has 3 heterocycles. The second kappa shape index (κ2) is 8.57. The molecule has 0 unspecified atom stereocenters. The zero-order chi connectivity index (χ0) is 21.3. The molecule has 0 atom stereocenters. The van der Waals surface area contributed by atoms with Crippen LogP contribution in [0.15, 0.2) is 29.1 Å². The zero-order valence-electron chi connectivity index (χ0n) is 17.5. The number of thiophene rings is 1. The topological polar surface area (TPSA) is 78.5 Å². The number of piperazine rings is 1. The predicted octanol–water partition coefficient (Wildman–Crippen LogP) is 2.63. The Balaban J connectivity index is 1.32. The van der Waals surface area contributed by atoms with Gasteiger partial charge in [-0.05, 0) is 44.0 Å². The fraction of sp³-hybridized carbons (Fsp3) is 0.409. The Hall–Kier alpha value is -2.71. The van der Waals surface area contributed by atoms with Crippen LogP contribution in [0.1, 0.15) is 21.8 Å². The molecule has 8 heteroatoms. The molecule has 4 rings (SSSR count). The molecule has 1 aliphatic heterocycles. The van der Waals surface area contributed by atoms with E-state index in [4.69, 9.17) is 4.74 Å². The van der Waals surface area contributed by atoms with E-state index in [9.17, 15) is 9.59 Å². The van der Waals surface area contributed by atoms with Crippen LogP contribution in [0.25, 0.3) is 10.2 Å². The van der Waals surface area contributed by atoms with Crippen LogP contribution in [0.4, 0.5) is 0 Å². The highest BCUT2D eigenvalue weighted by Crippen LogP contribution is 2.25. The number of ether oxygens (including phenoxy) is 1. The van der Waals surface area contributed by atoms with Crippen LogP contribution >= 0.6 is 11.3 Å². The Kier molecular flexibility index (Phi) is 5.87. The monoisotopic (exact) mass is 426 g/mol. The van der Waals surface area contributed by atoms with Crippen LogP contribution < -0.4 is 10.3 Å². The van der Waals surface area contributed by atoms with Gasteiger partial charge in [0.25, 0.3) is 11.5 Å². The lowest BCUT2D eigenvalue weighted by atomic mass is 10.2. The maximum Gasteiger partial charge on any atom is 0.260 e. The SMILES string of the molecule is Cc1cccc(OCC(=O)N2CCN(Cc3nc4sc(C)c(C)c4c(=O)[nH]3)CC2)c1. The highest BCUT2D eigenvalue weighted by atomic mass is 32.1. The van der Waals surface area contributed by atoms with Gasteiger partial charge in [0.15, 0.2) is 6.61 Å². The molecular formula is C22H26N4O3S. The average Bonchev–Trinajstić information content (AvgIpc) is 3.01. The first-order valence-corrected chi connectivity index (χ1v) is 10.9. The van der Waals surface area contributed by atoms with Gasteiger partial charge in [-0.15, -0.1) is 11.3 Å². The lowest BCUT2D eigenvalue weighted by Crippen LogP contribution is -2.49. The average molecular weight is 427 g/mol. The van der Waals surface area contributed by atoms with Gasteiger partial charge in [0.05, 0.1) is 11.9 Å². The summed E-state index contributed by atoms with van der Waals surface area (Å²) in [6, 6.07) is 7.70. The van der Waals surface area contributed by atoms with Crippen LogP contribution in [-0.2, 0) is 11.3 Å². The van der Waals surface area contributed by atoms with E-state index in [0.29, 0.717) is 36.6 Å². The largest absolute Gasteiger partial charge is 0.484 e. The summed E-state index contributed by atoms with van der Waals surface area (Å²) in [6.45, 7) is 9.34. The number of nitrogens with one attached hydrogen (secondary N) is 1. The highest BCUT2D eigenvalue weighted by Gasteiger charge is 2.22. The standard InChI is InChI=1S/C22H26N4O3S/c1-14-5-4-6-17(11-14)29-13-19(27)26-9-7-25(8-10-26)12-18-23-21(28)20-15(2)16(3)30-22(20)24-18/h4-6,11H,7-10,12-13H2,1-3H3,(H,23,24,28). The number of aromatic amines is 1. The van der Waals surface area contributed by atoms with E-state index in [0.717, 1.165) is 33.9 Å². The molecule has 0 aliphatic carbocycles. The quantitative estimate of drug-likeness (QED) is 0.679. The highest BCUT2D eigenvalue weighted by molar-refractivity contribution is 7.18. The summed E-state index contributed by atoms with van der Waals surface area (Å²) in [5.74, 6) is 1.39. The summed E-state index contributed by atoms with van der Waals surface area (Å²) >= 11 is 1.56. The maximum absolute atomic E-state index is 12.5.